The number of benzene rings is 1. The van der Waals surface area contributed by atoms with Crippen LogP contribution in [0, 0.1) is 5.92 Å². The Kier molecular flexibility index (Phi) is 3.98. The Morgan fingerprint density at radius 1 is 1.21 bits per heavy atom. The van der Waals surface area contributed by atoms with Crippen LogP contribution in [0.2, 0.25) is 0 Å². The van der Waals surface area contributed by atoms with Crippen LogP contribution >= 0.6 is 0 Å². The number of amides is 3. The number of piperidine rings is 1. The molecule has 24 heavy (non-hydrogen) atoms. The molecule has 1 atom stereocenters. The second kappa shape index (κ2) is 6.28. The van der Waals surface area contributed by atoms with Crippen molar-refractivity contribution in [1.82, 2.24) is 15.2 Å². The highest BCUT2D eigenvalue weighted by Crippen LogP contribution is 2.30. The molecule has 2 N–H and O–H groups in total. The molecule has 0 spiro atoms. The average Bonchev–Trinajstić information content (AvgIpc) is 2.99. The molecule has 0 aliphatic carbocycles. The van der Waals surface area contributed by atoms with Gasteiger partial charge >= 0.3 is 6.03 Å². The molecule has 6 heteroatoms. The quantitative estimate of drug-likeness (QED) is 0.907. The van der Waals surface area contributed by atoms with Gasteiger partial charge in [0.2, 0.25) is 5.91 Å². The predicted octanol–water partition coefficient (Wildman–Crippen LogP) is 2.09. The molecule has 4 rings (SSSR count). The summed E-state index contributed by atoms with van der Waals surface area (Å²) in [6.45, 7) is 3.61. The first kappa shape index (κ1) is 15.2. The van der Waals surface area contributed by atoms with Crippen LogP contribution in [0.4, 0.5) is 10.5 Å². The van der Waals surface area contributed by atoms with Gasteiger partial charge in [0.25, 0.3) is 0 Å². The minimum atomic E-state index is -0.331. The summed E-state index contributed by atoms with van der Waals surface area (Å²) in [5.41, 5.74) is 2.01. The lowest BCUT2D eigenvalue weighted by atomic mass is 10.00. The van der Waals surface area contributed by atoms with Crippen LogP contribution in [0.3, 0.4) is 0 Å². The number of rotatable bonds is 3. The van der Waals surface area contributed by atoms with Gasteiger partial charge in [-0.15, -0.1) is 0 Å². The molecule has 2 aliphatic heterocycles. The molecule has 0 bridgehead atoms. The van der Waals surface area contributed by atoms with E-state index in [-0.39, 0.29) is 11.9 Å². The molecule has 2 fully saturated rings. The van der Waals surface area contributed by atoms with Crippen molar-refractivity contribution in [1.29, 1.82) is 0 Å². The van der Waals surface area contributed by atoms with Crippen molar-refractivity contribution in [3.63, 3.8) is 0 Å². The van der Waals surface area contributed by atoms with Gasteiger partial charge in [-0.3, -0.25) is 15.0 Å². The molecule has 3 heterocycles. The van der Waals surface area contributed by atoms with Gasteiger partial charge in [-0.1, -0.05) is 6.07 Å². The van der Waals surface area contributed by atoms with Crippen LogP contribution in [0.5, 0.6) is 0 Å². The van der Waals surface area contributed by atoms with Gasteiger partial charge in [0.05, 0.1) is 11.2 Å². The number of nitrogens with one attached hydrogen (secondary N) is 2. The Morgan fingerprint density at radius 2 is 2.12 bits per heavy atom. The van der Waals surface area contributed by atoms with Crippen molar-refractivity contribution < 1.29 is 9.59 Å². The third-order valence-corrected chi connectivity index (χ3v) is 4.99. The lowest BCUT2D eigenvalue weighted by molar-refractivity contribution is -0.120. The maximum Gasteiger partial charge on any atom is 0.328 e. The summed E-state index contributed by atoms with van der Waals surface area (Å²) < 4.78 is 2.28. The average molecular weight is 326 g/mol. The van der Waals surface area contributed by atoms with Gasteiger partial charge < -0.3 is 9.88 Å². The van der Waals surface area contributed by atoms with Crippen LogP contribution in [-0.4, -0.2) is 36.1 Å². The smallest absolute Gasteiger partial charge is 0.328 e. The number of aromatic nitrogens is 1. The number of anilines is 1. The van der Waals surface area contributed by atoms with E-state index in [0.29, 0.717) is 18.9 Å². The number of imide groups is 1. The van der Waals surface area contributed by atoms with Gasteiger partial charge in [-0.2, -0.15) is 0 Å². The Bertz CT molecular complexity index is 776. The van der Waals surface area contributed by atoms with Crippen LogP contribution in [0.25, 0.3) is 10.9 Å². The van der Waals surface area contributed by atoms with E-state index in [1.165, 1.54) is 12.8 Å². The molecule has 1 aromatic heterocycles. The zero-order chi connectivity index (χ0) is 16.5. The molecule has 2 saturated heterocycles. The Balaban J connectivity index is 1.63. The number of fused-ring (bicyclic) bond motifs is 1. The summed E-state index contributed by atoms with van der Waals surface area (Å²) in [6, 6.07) is 7.77. The molecule has 126 valence electrons. The highest BCUT2D eigenvalue weighted by atomic mass is 16.2. The van der Waals surface area contributed by atoms with Crippen molar-refractivity contribution in [3.8, 4) is 0 Å². The van der Waals surface area contributed by atoms with Crippen molar-refractivity contribution >= 4 is 28.5 Å². The van der Waals surface area contributed by atoms with Crippen LogP contribution < -0.4 is 15.5 Å². The number of carbonyl (C=O) groups excluding carboxylic acids is 2. The van der Waals surface area contributed by atoms with E-state index in [2.05, 4.69) is 33.5 Å². The van der Waals surface area contributed by atoms with Crippen LogP contribution in [0.15, 0.2) is 30.5 Å². The fraction of sp³-hybridized carbons (Fsp3) is 0.444. The molecule has 0 radical (unpaired) electrons. The monoisotopic (exact) mass is 326 g/mol. The first-order valence-corrected chi connectivity index (χ1v) is 8.62. The first-order valence-electron chi connectivity index (χ1n) is 8.62. The zero-order valence-electron chi connectivity index (χ0n) is 13.6. The van der Waals surface area contributed by atoms with E-state index in [4.69, 9.17) is 0 Å². The third-order valence-electron chi connectivity index (χ3n) is 4.99. The second-order valence-corrected chi connectivity index (χ2v) is 6.65. The molecule has 1 aromatic carbocycles. The van der Waals surface area contributed by atoms with E-state index < -0.39 is 0 Å². The number of carbonyl (C=O) groups is 2. The fourth-order valence-corrected chi connectivity index (χ4v) is 3.75. The lowest BCUT2D eigenvalue weighted by Gasteiger charge is -2.27. The van der Waals surface area contributed by atoms with Crippen molar-refractivity contribution in [3.05, 3.63) is 30.5 Å². The number of hydrogen-bond donors (Lipinski definition) is 2. The van der Waals surface area contributed by atoms with Gasteiger partial charge in [-0.25, -0.2) is 4.79 Å². The summed E-state index contributed by atoms with van der Waals surface area (Å²) >= 11 is 0. The van der Waals surface area contributed by atoms with Gasteiger partial charge in [-0.05, 0) is 50.0 Å². The maximum atomic E-state index is 12.2. The number of hydrogen-bond acceptors (Lipinski definition) is 3. The third kappa shape index (κ3) is 2.78. The van der Waals surface area contributed by atoms with Crippen molar-refractivity contribution in [2.75, 3.05) is 24.5 Å². The Hall–Kier alpha value is -2.34. The number of nitrogens with zero attached hydrogens (tertiary/aromatic N) is 2. The molecule has 3 amide bonds. The maximum absolute atomic E-state index is 12.2. The molecule has 1 unspecified atom stereocenters. The fourth-order valence-electron chi connectivity index (χ4n) is 3.75. The Labute approximate surface area is 140 Å². The minimum absolute atomic E-state index is 0.203. The predicted molar refractivity (Wildman–Crippen MR) is 93.0 cm³/mol. The first-order chi connectivity index (χ1) is 11.7. The standard InChI is InChI=1S/C18H22N4O2/c23-17-7-10-22(18(24)20-17)16-5-1-4-15-14(16)6-9-21(15)12-13-3-2-8-19-11-13/h1,4-6,9,13,19H,2-3,7-8,10-12H2,(H,20,23,24). The van der Waals surface area contributed by atoms with E-state index >= 15 is 0 Å². The second-order valence-electron chi connectivity index (χ2n) is 6.65. The van der Waals surface area contributed by atoms with Gasteiger partial charge in [0.15, 0.2) is 0 Å². The molecule has 0 saturated carbocycles. The lowest BCUT2D eigenvalue weighted by Crippen LogP contribution is -2.49. The van der Waals surface area contributed by atoms with E-state index in [1.807, 2.05) is 12.1 Å². The highest BCUT2D eigenvalue weighted by Gasteiger charge is 2.26. The van der Waals surface area contributed by atoms with Gasteiger partial charge in [0.1, 0.15) is 0 Å². The summed E-state index contributed by atoms with van der Waals surface area (Å²) in [6.07, 6.45) is 4.94. The topological polar surface area (TPSA) is 66.4 Å². The highest BCUT2D eigenvalue weighted by molar-refractivity contribution is 6.09. The zero-order valence-corrected chi connectivity index (χ0v) is 13.6. The van der Waals surface area contributed by atoms with Crippen molar-refractivity contribution in [2.45, 2.75) is 25.8 Å². The van der Waals surface area contributed by atoms with Gasteiger partial charge in [0, 0.05) is 31.1 Å². The van der Waals surface area contributed by atoms with Crippen LogP contribution in [0.1, 0.15) is 19.3 Å². The number of urea groups is 1. The molecule has 6 nitrogen and oxygen atoms in total. The minimum Gasteiger partial charge on any atom is -0.347 e. The van der Waals surface area contributed by atoms with E-state index in [0.717, 1.165) is 36.2 Å². The normalized spacial score (nSPS) is 22.0. The van der Waals surface area contributed by atoms with E-state index in [1.54, 1.807) is 4.90 Å². The molecule has 2 aromatic rings. The molecular weight excluding hydrogens is 304 g/mol. The van der Waals surface area contributed by atoms with Crippen molar-refractivity contribution in [2.24, 2.45) is 5.92 Å². The molecular formula is C18H22N4O2. The summed E-state index contributed by atoms with van der Waals surface area (Å²) in [7, 11) is 0. The summed E-state index contributed by atoms with van der Waals surface area (Å²) in [5, 5.41) is 6.92. The SMILES string of the molecule is O=C1CCN(c2cccc3c2ccn3CC2CCCNC2)C(=O)N1. The van der Waals surface area contributed by atoms with Crippen LogP contribution in [-0.2, 0) is 11.3 Å². The van der Waals surface area contributed by atoms with E-state index in [9.17, 15) is 9.59 Å². The largest absolute Gasteiger partial charge is 0.347 e. The molecule has 2 aliphatic rings. The summed E-state index contributed by atoms with van der Waals surface area (Å²) in [5.74, 6) is 0.444. The summed E-state index contributed by atoms with van der Waals surface area (Å²) in [4.78, 5) is 25.2. The Morgan fingerprint density at radius 3 is 2.92 bits per heavy atom.